The second kappa shape index (κ2) is 7.05. The van der Waals surface area contributed by atoms with Crippen molar-refractivity contribution in [1.82, 2.24) is 19.9 Å². The fourth-order valence-corrected chi connectivity index (χ4v) is 2.64. The minimum atomic E-state index is -0.328. The van der Waals surface area contributed by atoms with Crippen LogP contribution in [0.3, 0.4) is 0 Å². The van der Waals surface area contributed by atoms with Crippen LogP contribution >= 0.6 is 12.4 Å². The number of halogens is 1. The molecule has 28 heavy (non-hydrogen) atoms. The van der Waals surface area contributed by atoms with Crippen LogP contribution in [-0.2, 0) is 0 Å². The summed E-state index contributed by atoms with van der Waals surface area (Å²) < 4.78 is 0. The summed E-state index contributed by atoms with van der Waals surface area (Å²) in [6.07, 6.45) is 1.26. The van der Waals surface area contributed by atoms with E-state index in [1.165, 1.54) is 30.6 Å². The molecule has 0 radical (unpaired) electrons. The summed E-state index contributed by atoms with van der Waals surface area (Å²) in [6.45, 7) is 0. The molecule has 10 heteroatoms. The van der Waals surface area contributed by atoms with Gasteiger partial charge in [0.25, 0.3) is 0 Å². The highest BCUT2D eigenvalue weighted by Gasteiger charge is 2.17. The van der Waals surface area contributed by atoms with Gasteiger partial charge in [0, 0.05) is 11.1 Å². The third-order valence-corrected chi connectivity index (χ3v) is 3.99. The number of anilines is 1. The lowest BCUT2D eigenvalue weighted by Gasteiger charge is -2.12. The highest BCUT2D eigenvalue weighted by atomic mass is 35.5. The first kappa shape index (κ1) is 18.9. The maximum absolute atomic E-state index is 9.85. The number of rotatable bonds is 2. The molecule has 0 saturated heterocycles. The molecule has 0 bridgehead atoms. The molecule has 2 aromatic carbocycles. The number of aromatic hydroxyl groups is 4. The van der Waals surface area contributed by atoms with Crippen LogP contribution in [0, 0.1) is 0 Å². The molecule has 4 rings (SSSR count). The average molecular weight is 400 g/mol. The lowest BCUT2D eigenvalue weighted by molar-refractivity contribution is 0.404. The van der Waals surface area contributed by atoms with Crippen LogP contribution in [0.15, 0.2) is 42.7 Å². The van der Waals surface area contributed by atoms with Gasteiger partial charge in [0.1, 0.15) is 6.33 Å². The number of nitrogens with two attached hydrogens (primary N) is 1. The van der Waals surface area contributed by atoms with Crippen molar-refractivity contribution >= 4 is 29.4 Å². The topological polar surface area (TPSA) is 158 Å². The first-order valence-corrected chi connectivity index (χ1v) is 7.77. The van der Waals surface area contributed by atoms with E-state index in [2.05, 4.69) is 19.9 Å². The van der Waals surface area contributed by atoms with Crippen molar-refractivity contribution in [1.29, 1.82) is 0 Å². The number of phenols is 4. The van der Waals surface area contributed by atoms with Gasteiger partial charge in [-0.1, -0.05) is 0 Å². The zero-order valence-electron chi connectivity index (χ0n) is 14.1. The quantitative estimate of drug-likeness (QED) is 0.319. The van der Waals surface area contributed by atoms with Crippen molar-refractivity contribution in [2.75, 3.05) is 5.73 Å². The molecule has 0 unspecified atom stereocenters. The molecule has 2 heterocycles. The normalized spacial score (nSPS) is 10.6. The van der Waals surface area contributed by atoms with Crippen molar-refractivity contribution in [3.63, 3.8) is 0 Å². The van der Waals surface area contributed by atoms with Gasteiger partial charge in [-0.2, -0.15) is 0 Å². The number of fused-ring (bicyclic) bond motifs is 1. The summed E-state index contributed by atoms with van der Waals surface area (Å²) >= 11 is 0. The third kappa shape index (κ3) is 3.14. The first-order valence-electron chi connectivity index (χ1n) is 7.77. The average Bonchev–Trinajstić information content (AvgIpc) is 2.66. The highest BCUT2D eigenvalue weighted by Crippen LogP contribution is 2.37. The van der Waals surface area contributed by atoms with Crippen LogP contribution in [-0.4, -0.2) is 40.4 Å². The van der Waals surface area contributed by atoms with Gasteiger partial charge in [-0.25, -0.2) is 19.9 Å². The highest BCUT2D eigenvalue weighted by molar-refractivity contribution is 5.89. The Bertz CT molecular complexity index is 1200. The van der Waals surface area contributed by atoms with Crippen LogP contribution in [0.2, 0.25) is 0 Å². The monoisotopic (exact) mass is 399 g/mol. The molecular formula is C18H14ClN5O4. The molecule has 0 aliphatic carbocycles. The molecule has 9 nitrogen and oxygen atoms in total. The summed E-state index contributed by atoms with van der Waals surface area (Å²) in [6, 6.07) is 8.41. The smallest absolute Gasteiger partial charge is 0.184 e. The Labute approximate surface area is 164 Å². The van der Waals surface area contributed by atoms with Crippen molar-refractivity contribution in [3.8, 4) is 45.5 Å². The molecule has 4 aromatic rings. The second-order valence-electron chi connectivity index (χ2n) is 5.76. The number of aromatic nitrogens is 4. The van der Waals surface area contributed by atoms with Crippen LogP contribution in [0.4, 0.5) is 5.82 Å². The largest absolute Gasteiger partial charge is 0.504 e. The molecular weight excluding hydrogens is 386 g/mol. The van der Waals surface area contributed by atoms with Gasteiger partial charge in [-0.05, 0) is 36.4 Å². The van der Waals surface area contributed by atoms with Gasteiger partial charge < -0.3 is 26.2 Å². The maximum Gasteiger partial charge on any atom is 0.184 e. The van der Waals surface area contributed by atoms with Crippen molar-refractivity contribution in [2.45, 2.75) is 0 Å². The van der Waals surface area contributed by atoms with Gasteiger partial charge in [-0.3, -0.25) is 0 Å². The lowest BCUT2D eigenvalue weighted by atomic mass is 10.0. The summed E-state index contributed by atoms with van der Waals surface area (Å²) in [5, 5.41) is 38.8. The number of hydrogen-bond donors (Lipinski definition) is 5. The molecule has 0 atom stereocenters. The van der Waals surface area contributed by atoms with Crippen LogP contribution in [0.25, 0.3) is 33.7 Å². The fraction of sp³-hybridized carbons (Fsp3) is 0. The Hall–Kier alpha value is -3.85. The van der Waals surface area contributed by atoms with Gasteiger partial charge >= 0.3 is 0 Å². The van der Waals surface area contributed by atoms with E-state index in [-0.39, 0.29) is 52.4 Å². The molecule has 6 N–H and O–H groups in total. The number of benzene rings is 2. The number of nitrogen functional groups attached to an aromatic ring is 1. The van der Waals surface area contributed by atoms with Gasteiger partial charge in [0.05, 0.1) is 11.4 Å². The van der Waals surface area contributed by atoms with E-state index in [1.807, 2.05) is 0 Å². The molecule has 0 saturated carbocycles. The van der Waals surface area contributed by atoms with Crippen molar-refractivity contribution < 1.29 is 20.4 Å². The van der Waals surface area contributed by atoms with E-state index in [1.54, 1.807) is 12.1 Å². The third-order valence-electron chi connectivity index (χ3n) is 3.99. The summed E-state index contributed by atoms with van der Waals surface area (Å²) in [4.78, 5) is 16.9. The van der Waals surface area contributed by atoms with Gasteiger partial charge in [0.15, 0.2) is 40.0 Å². The molecule has 0 aliphatic heterocycles. The number of hydrogen-bond acceptors (Lipinski definition) is 9. The Balaban J connectivity index is 0.00000225. The minimum Gasteiger partial charge on any atom is -0.504 e. The summed E-state index contributed by atoms with van der Waals surface area (Å²) in [5.74, 6) is -1.07. The van der Waals surface area contributed by atoms with Crippen LogP contribution in [0.1, 0.15) is 0 Å². The van der Waals surface area contributed by atoms with E-state index in [9.17, 15) is 20.4 Å². The SMILES string of the molecule is Cl.Nc1ncnc2nc(-c3ccc(O)c(O)c3)c(-c3ccc(O)c(O)c3)nc12. The predicted octanol–water partition coefficient (Wildman–Crippen LogP) is 2.58. The summed E-state index contributed by atoms with van der Waals surface area (Å²) in [5.41, 5.74) is 7.96. The van der Waals surface area contributed by atoms with Gasteiger partial charge in [-0.15, -0.1) is 12.4 Å². The van der Waals surface area contributed by atoms with E-state index < -0.39 is 0 Å². The van der Waals surface area contributed by atoms with E-state index in [0.29, 0.717) is 22.5 Å². The predicted molar refractivity (Wildman–Crippen MR) is 104 cm³/mol. The van der Waals surface area contributed by atoms with Gasteiger partial charge in [0.2, 0.25) is 0 Å². The lowest BCUT2D eigenvalue weighted by Crippen LogP contribution is -2.01. The zero-order valence-corrected chi connectivity index (χ0v) is 14.9. The Morgan fingerprint density at radius 1 is 0.679 bits per heavy atom. The fourth-order valence-electron chi connectivity index (χ4n) is 2.64. The molecule has 142 valence electrons. The molecule has 0 fully saturated rings. The first-order chi connectivity index (χ1) is 12.9. The van der Waals surface area contributed by atoms with Crippen molar-refractivity contribution in [2.24, 2.45) is 0 Å². The van der Waals surface area contributed by atoms with Crippen LogP contribution < -0.4 is 5.73 Å². The number of nitrogens with zero attached hydrogens (tertiary/aromatic N) is 4. The maximum atomic E-state index is 9.85. The Morgan fingerprint density at radius 2 is 1.21 bits per heavy atom. The zero-order chi connectivity index (χ0) is 19.1. The van der Waals surface area contributed by atoms with E-state index >= 15 is 0 Å². The van der Waals surface area contributed by atoms with Crippen molar-refractivity contribution in [3.05, 3.63) is 42.7 Å². The Kier molecular flexibility index (Phi) is 4.76. The van der Waals surface area contributed by atoms with Crippen LogP contribution in [0.5, 0.6) is 23.0 Å². The molecule has 0 aliphatic rings. The Morgan fingerprint density at radius 3 is 1.75 bits per heavy atom. The molecule has 2 aromatic heterocycles. The minimum absolute atomic E-state index is 0. The number of phenolic OH excluding ortho intramolecular Hbond substituents is 4. The van der Waals surface area contributed by atoms with E-state index in [4.69, 9.17) is 5.73 Å². The second-order valence-corrected chi connectivity index (χ2v) is 5.76. The molecule has 0 amide bonds. The molecule has 0 spiro atoms. The standard InChI is InChI=1S/C18H13N5O4.ClH/c19-17-16-18(21-7-20-17)23-15(9-2-4-11(25)13(27)6-9)14(22-16)8-1-3-10(24)12(26)5-8;/h1-7,24-27H,(H2,19,20,21,23);1H. The van der Waals surface area contributed by atoms with E-state index in [0.717, 1.165) is 0 Å². The summed E-state index contributed by atoms with van der Waals surface area (Å²) in [7, 11) is 0.